The zero-order chi connectivity index (χ0) is 29.2. The van der Waals surface area contributed by atoms with Crippen LogP contribution >= 0.6 is 0 Å². The molecule has 0 fully saturated rings. The van der Waals surface area contributed by atoms with Gasteiger partial charge in [-0.25, -0.2) is 0 Å². The standard InChI is InChI=1S/C34H46N2O4/c1-6-7-8-9-20-36-32-28(17-12-18-30(32)38)34(40)35(29-22-27(37)23-31(39)33(29)36)21-19-26(5)16-11-15-25(4)14-10-13-24(2)3/h12-13,15,17-19,22-23,37-39H,6-11,14,16,20-21H2,1-5H3. The minimum Gasteiger partial charge on any atom is -0.508 e. The maximum atomic E-state index is 13.9. The normalized spacial score (nSPS) is 13.7. The summed E-state index contributed by atoms with van der Waals surface area (Å²) < 4.78 is 0. The third-order valence-electron chi connectivity index (χ3n) is 7.36. The van der Waals surface area contributed by atoms with Crippen molar-refractivity contribution < 1.29 is 20.1 Å². The Morgan fingerprint density at radius 3 is 2.20 bits per heavy atom. The van der Waals surface area contributed by atoms with Crippen LogP contribution in [0, 0.1) is 0 Å². The van der Waals surface area contributed by atoms with Crippen LogP contribution in [-0.2, 0) is 0 Å². The van der Waals surface area contributed by atoms with Crippen LogP contribution in [0.15, 0.2) is 65.3 Å². The Balaban J connectivity index is 1.91. The number of phenols is 3. The Kier molecular flexibility index (Phi) is 11.3. The molecular weight excluding hydrogens is 500 g/mol. The van der Waals surface area contributed by atoms with Gasteiger partial charge in [0.25, 0.3) is 5.91 Å². The number of carbonyl (C=O) groups excluding carboxylic acids is 1. The second-order valence-corrected chi connectivity index (χ2v) is 11.1. The predicted octanol–water partition coefficient (Wildman–Crippen LogP) is 8.90. The second-order valence-electron chi connectivity index (χ2n) is 11.1. The Labute approximate surface area is 240 Å². The van der Waals surface area contributed by atoms with Gasteiger partial charge in [0.15, 0.2) is 0 Å². The molecule has 6 nitrogen and oxygen atoms in total. The first-order chi connectivity index (χ1) is 19.1. The number of allylic oxidation sites excluding steroid dienone is 5. The lowest BCUT2D eigenvalue weighted by Gasteiger charge is -2.28. The molecule has 1 aliphatic rings. The van der Waals surface area contributed by atoms with E-state index >= 15 is 0 Å². The number of phenolic OH excluding ortho intramolecular Hbond substituents is 3. The van der Waals surface area contributed by atoms with Crippen molar-refractivity contribution in [3.63, 3.8) is 0 Å². The Morgan fingerprint density at radius 1 is 0.800 bits per heavy atom. The van der Waals surface area contributed by atoms with Gasteiger partial charge in [-0.15, -0.1) is 0 Å². The molecule has 0 saturated heterocycles. The highest BCUT2D eigenvalue weighted by atomic mass is 16.3. The third-order valence-corrected chi connectivity index (χ3v) is 7.36. The molecule has 0 radical (unpaired) electrons. The molecular formula is C34H46N2O4. The first-order valence-electron chi connectivity index (χ1n) is 14.6. The van der Waals surface area contributed by atoms with Gasteiger partial charge in [-0.1, -0.05) is 67.2 Å². The van der Waals surface area contributed by atoms with E-state index in [2.05, 4.69) is 46.8 Å². The molecule has 0 spiro atoms. The van der Waals surface area contributed by atoms with Crippen molar-refractivity contribution in [2.45, 2.75) is 86.0 Å². The lowest BCUT2D eigenvalue weighted by molar-refractivity contribution is 0.0990. The SMILES string of the molecule is CCCCCCN1c2c(O)cccc2C(=O)N(CC=C(C)CCC=C(C)CCC=C(C)C)c2cc(O)cc(O)c21. The Bertz CT molecular complexity index is 1270. The topological polar surface area (TPSA) is 84.2 Å². The van der Waals surface area contributed by atoms with Gasteiger partial charge in [-0.2, -0.15) is 0 Å². The van der Waals surface area contributed by atoms with Gasteiger partial charge in [0.2, 0.25) is 0 Å². The van der Waals surface area contributed by atoms with Crippen LogP contribution in [0.1, 0.15) is 96.3 Å². The smallest absolute Gasteiger partial charge is 0.260 e. The van der Waals surface area contributed by atoms with Gasteiger partial charge < -0.3 is 25.1 Å². The molecule has 0 unspecified atom stereocenters. The summed E-state index contributed by atoms with van der Waals surface area (Å²) in [5.41, 5.74) is 5.48. The van der Waals surface area contributed by atoms with E-state index in [9.17, 15) is 20.1 Å². The van der Waals surface area contributed by atoms with Crippen LogP contribution in [0.5, 0.6) is 17.2 Å². The third kappa shape index (κ3) is 7.93. The predicted molar refractivity (Wildman–Crippen MR) is 166 cm³/mol. The molecule has 2 aromatic rings. The summed E-state index contributed by atoms with van der Waals surface area (Å²) in [5, 5.41) is 32.4. The van der Waals surface area contributed by atoms with Gasteiger partial charge in [0.05, 0.1) is 16.9 Å². The van der Waals surface area contributed by atoms with E-state index in [4.69, 9.17) is 0 Å². The molecule has 0 aliphatic carbocycles. The lowest BCUT2D eigenvalue weighted by Crippen LogP contribution is -2.30. The molecule has 1 amide bonds. The van der Waals surface area contributed by atoms with Crippen LogP contribution in [0.3, 0.4) is 0 Å². The molecule has 3 rings (SSSR count). The van der Waals surface area contributed by atoms with Crippen LogP contribution in [-0.4, -0.2) is 34.3 Å². The molecule has 0 atom stereocenters. The molecule has 0 saturated carbocycles. The number of benzene rings is 2. The molecule has 1 aliphatic heterocycles. The van der Waals surface area contributed by atoms with Crippen LogP contribution in [0.4, 0.5) is 17.1 Å². The first kappa shape index (κ1) is 30.9. The molecule has 216 valence electrons. The van der Waals surface area contributed by atoms with Gasteiger partial charge in [-0.3, -0.25) is 4.79 Å². The van der Waals surface area contributed by atoms with Crippen molar-refractivity contribution in [3.8, 4) is 17.2 Å². The number of para-hydroxylation sites is 1. The van der Waals surface area contributed by atoms with E-state index in [0.717, 1.165) is 56.9 Å². The van der Waals surface area contributed by atoms with E-state index < -0.39 is 0 Å². The summed E-state index contributed by atoms with van der Waals surface area (Å²) in [6.07, 6.45) is 14.5. The molecule has 3 N–H and O–H groups in total. The Hall–Kier alpha value is -3.67. The number of fused-ring (bicyclic) bond motifs is 2. The van der Waals surface area contributed by atoms with Crippen molar-refractivity contribution in [2.75, 3.05) is 22.9 Å². The number of hydrogen-bond donors (Lipinski definition) is 3. The van der Waals surface area contributed by atoms with Crippen molar-refractivity contribution in [1.82, 2.24) is 0 Å². The highest BCUT2D eigenvalue weighted by molar-refractivity contribution is 6.15. The average molecular weight is 547 g/mol. The van der Waals surface area contributed by atoms with Crippen LogP contribution in [0.2, 0.25) is 0 Å². The molecule has 0 aromatic heterocycles. The number of anilines is 3. The highest BCUT2D eigenvalue weighted by Gasteiger charge is 2.34. The quantitative estimate of drug-likeness (QED) is 0.173. The summed E-state index contributed by atoms with van der Waals surface area (Å²) in [4.78, 5) is 17.4. The summed E-state index contributed by atoms with van der Waals surface area (Å²) in [6, 6.07) is 7.76. The zero-order valence-electron chi connectivity index (χ0n) is 24.8. The number of hydrogen-bond acceptors (Lipinski definition) is 5. The number of aromatic hydroxyl groups is 3. The minimum atomic E-state index is -0.285. The van der Waals surface area contributed by atoms with E-state index in [1.165, 1.54) is 23.3 Å². The van der Waals surface area contributed by atoms with Crippen molar-refractivity contribution >= 4 is 23.0 Å². The van der Waals surface area contributed by atoms with Gasteiger partial charge >= 0.3 is 0 Å². The van der Waals surface area contributed by atoms with Gasteiger partial charge in [-0.05, 0) is 71.9 Å². The summed E-state index contributed by atoms with van der Waals surface area (Å²) >= 11 is 0. The molecule has 40 heavy (non-hydrogen) atoms. The number of unbranched alkanes of at least 4 members (excludes halogenated alkanes) is 3. The lowest BCUT2D eigenvalue weighted by atomic mass is 10.1. The van der Waals surface area contributed by atoms with Crippen LogP contribution < -0.4 is 9.80 Å². The van der Waals surface area contributed by atoms with Gasteiger partial charge in [0.1, 0.15) is 22.9 Å². The zero-order valence-corrected chi connectivity index (χ0v) is 24.8. The van der Waals surface area contributed by atoms with Crippen LogP contribution in [0.25, 0.3) is 0 Å². The summed E-state index contributed by atoms with van der Waals surface area (Å²) in [5.74, 6) is -0.550. The number of rotatable bonds is 13. The number of amides is 1. The van der Waals surface area contributed by atoms with Crippen molar-refractivity contribution in [2.24, 2.45) is 0 Å². The molecule has 0 bridgehead atoms. The Morgan fingerprint density at radius 2 is 1.50 bits per heavy atom. The average Bonchev–Trinajstić information content (AvgIpc) is 2.98. The fourth-order valence-electron chi connectivity index (χ4n) is 5.11. The first-order valence-corrected chi connectivity index (χ1v) is 14.6. The number of nitrogens with zero attached hydrogens (tertiary/aromatic N) is 2. The minimum absolute atomic E-state index is 0.0138. The maximum absolute atomic E-state index is 13.9. The number of carbonyl (C=O) groups is 1. The molecule has 1 heterocycles. The second kappa shape index (κ2) is 14.6. The molecule has 2 aromatic carbocycles. The van der Waals surface area contributed by atoms with Crippen molar-refractivity contribution in [3.05, 3.63) is 70.8 Å². The summed E-state index contributed by atoms with van der Waals surface area (Å²) in [7, 11) is 0. The van der Waals surface area contributed by atoms with Crippen molar-refractivity contribution in [1.29, 1.82) is 0 Å². The fraction of sp³-hybridized carbons (Fsp3) is 0.441. The van der Waals surface area contributed by atoms with E-state index in [1.807, 2.05) is 11.0 Å². The van der Waals surface area contributed by atoms with E-state index in [-0.39, 0.29) is 29.7 Å². The van der Waals surface area contributed by atoms with Gasteiger partial charge in [0, 0.05) is 25.2 Å². The maximum Gasteiger partial charge on any atom is 0.260 e. The monoisotopic (exact) mass is 546 g/mol. The fourth-order valence-corrected chi connectivity index (χ4v) is 5.11. The highest BCUT2D eigenvalue weighted by Crippen LogP contribution is 2.50. The molecule has 6 heteroatoms. The largest absolute Gasteiger partial charge is 0.508 e. The van der Waals surface area contributed by atoms with E-state index in [0.29, 0.717) is 29.2 Å². The van der Waals surface area contributed by atoms with E-state index in [1.54, 1.807) is 23.1 Å². The summed E-state index contributed by atoms with van der Waals surface area (Å²) in [6.45, 7) is 11.4.